The van der Waals surface area contributed by atoms with Crippen LogP contribution < -0.4 is 15.4 Å². The zero-order valence-electron chi connectivity index (χ0n) is 19.4. The summed E-state index contributed by atoms with van der Waals surface area (Å²) in [4.78, 5) is 22.0. The molecule has 1 aliphatic heterocycles. The van der Waals surface area contributed by atoms with Gasteiger partial charge in [-0.15, -0.1) is 0 Å². The number of rotatable bonds is 5. The van der Waals surface area contributed by atoms with Crippen LogP contribution in [0.1, 0.15) is 24.2 Å². The first-order chi connectivity index (χ1) is 17.7. The second-order valence-electron chi connectivity index (χ2n) is 8.39. The van der Waals surface area contributed by atoms with Gasteiger partial charge in [-0.2, -0.15) is 5.10 Å². The second-order valence-corrected chi connectivity index (χ2v) is 8.39. The minimum absolute atomic E-state index is 0.255. The summed E-state index contributed by atoms with van der Waals surface area (Å²) in [5, 5.41) is 10.5. The molecular weight excluding hydrogens is 461 g/mol. The molecular formula is C25H22FN9O. The van der Waals surface area contributed by atoms with E-state index < -0.39 is 5.82 Å². The molecule has 1 aliphatic rings. The molecule has 4 aromatic heterocycles. The number of allylic oxidation sites excluding steroid dienone is 1. The van der Waals surface area contributed by atoms with Crippen LogP contribution in [0.2, 0.25) is 0 Å². The van der Waals surface area contributed by atoms with Crippen molar-refractivity contribution < 1.29 is 9.13 Å². The predicted molar refractivity (Wildman–Crippen MR) is 133 cm³/mol. The van der Waals surface area contributed by atoms with E-state index in [2.05, 4.69) is 41.7 Å². The van der Waals surface area contributed by atoms with Gasteiger partial charge in [-0.25, -0.2) is 33.8 Å². The zero-order chi connectivity index (χ0) is 24.5. The average molecular weight is 484 g/mol. The van der Waals surface area contributed by atoms with Crippen molar-refractivity contribution in [1.82, 2.24) is 39.9 Å². The molecule has 0 spiro atoms. The fourth-order valence-electron chi connectivity index (χ4n) is 4.10. The number of nitrogens with one attached hydrogen (secondary N) is 2. The van der Waals surface area contributed by atoms with E-state index in [0.29, 0.717) is 45.4 Å². The molecule has 0 unspecified atom stereocenters. The van der Waals surface area contributed by atoms with Crippen LogP contribution in [0, 0.1) is 12.7 Å². The Labute approximate surface area is 205 Å². The van der Waals surface area contributed by atoms with Crippen LogP contribution in [0.3, 0.4) is 0 Å². The third kappa shape index (κ3) is 4.20. The Morgan fingerprint density at radius 3 is 3.00 bits per heavy atom. The van der Waals surface area contributed by atoms with Gasteiger partial charge in [0.15, 0.2) is 23.1 Å². The molecule has 6 rings (SSSR count). The Bertz CT molecular complexity index is 1610. The summed E-state index contributed by atoms with van der Waals surface area (Å²) >= 11 is 0. The topological polar surface area (TPSA) is 115 Å². The third-order valence-corrected chi connectivity index (χ3v) is 6.03. The minimum Gasteiger partial charge on any atom is -0.457 e. The van der Waals surface area contributed by atoms with Gasteiger partial charge in [0.2, 0.25) is 0 Å². The van der Waals surface area contributed by atoms with Gasteiger partial charge in [-0.3, -0.25) is 0 Å². The molecule has 5 heterocycles. The molecule has 0 atom stereocenters. The standard InChI is InChI=1S/C25H22FN9O/c1-15-20(36-17-7-10-35-21(11-17)30-14-32-35)5-4-18(22(15)26)33-25-23-19(29-13-31-25)12-28-24(34-23)16-3-2-8-27-9-6-16/h4-7,10-14,27H,2-3,8-9H2,1H3,(H,29,31,33). The number of fused-ring (bicyclic) bond motifs is 2. The van der Waals surface area contributed by atoms with Crippen molar-refractivity contribution in [3.63, 3.8) is 0 Å². The van der Waals surface area contributed by atoms with Crippen LogP contribution in [0.4, 0.5) is 15.9 Å². The number of nitrogens with zero attached hydrogens (tertiary/aromatic N) is 7. The van der Waals surface area contributed by atoms with Crippen molar-refractivity contribution in [1.29, 1.82) is 0 Å². The molecule has 0 saturated carbocycles. The lowest BCUT2D eigenvalue weighted by atomic mass is 10.1. The van der Waals surface area contributed by atoms with Gasteiger partial charge in [0.25, 0.3) is 0 Å². The molecule has 0 bridgehead atoms. The van der Waals surface area contributed by atoms with Crippen molar-refractivity contribution in [2.75, 3.05) is 18.4 Å². The summed E-state index contributed by atoms with van der Waals surface area (Å²) in [7, 11) is 0. The van der Waals surface area contributed by atoms with Crippen LogP contribution in [-0.4, -0.2) is 47.6 Å². The Morgan fingerprint density at radius 1 is 1.11 bits per heavy atom. The van der Waals surface area contributed by atoms with Crippen LogP contribution >= 0.6 is 0 Å². The van der Waals surface area contributed by atoms with Crippen LogP contribution in [-0.2, 0) is 0 Å². The molecule has 1 aromatic carbocycles. The Kier molecular flexibility index (Phi) is 5.66. The lowest BCUT2D eigenvalue weighted by molar-refractivity contribution is 0.471. The summed E-state index contributed by atoms with van der Waals surface area (Å²) in [5.41, 5.74) is 3.42. The predicted octanol–water partition coefficient (Wildman–Crippen LogP) is 4.21. The van der Waals surface area contributed by atoms with Gasteiger partial charge >= 0.3 is 0 Å². The number of halogens is 1. The summed E-state index contributed by atoms with van der Waals surface area (Å²) in [5.74, 6) is 1.52. The maximum atomic E-state index is 15.4. The molecule has 0 saturated heterocycles. The number of benzene rings is 1. The number of hydrogen-bond acceptors (Lipinski definition) is 9. The van der Waals surface area contributed by atoms with Gasteiger partial charge in [-0.05, 0) is 50.1 Å². The van der Waals surface area contributed by atoms with Gasteiger partial charge in [-0.1, -0.05) is 6.08 Å². The fraction of sp³-hybridized carbons (Fsp3) is 0.200. The van der Waals surface area contributed by atoms with Crippen LogP contribution in [0.5, 0.6) is 11.5 Å². The molecule has 5 aromatic rings. The number of ether oxygens (including phenoxy) is 1. The lowest BCUT2D eigenvalue weighted by Crippen LogP contribution is -2.12. The van der Waals surface area contributed by atoms with Gasteiger partial charge in [0.1, 0.15) is 35.2 Å². The van der Waals surface area contributed by atoms with Crippen molar-refractivity contribution in [3.05, 3.63) is 72.6 Å². The van der Waals surface area contributed by atoms with E-state index in [1.54, 1.807) is 48.1 Å². The maximum Gasteiger partial charge on any atom is 0.160 e. The van der Waals surface area contributed by atoms with E-state index in [0.717, 1.165) is 31.5 Å². The van der Waals surface area contributed by atoms with Gasteiger partial charge in [0, 0.05) is 24.4 Å². The summed E-state index contributed by atoms with van der Waals surface area (Å²) in [6, 6.07) is 6.81. The second kappa shape index (κ2) is 9.27. The summed E-state index contributed by atoms with van der Waals surface area (Å²) in [6.45, 7) is 3.40. The molecule has 0 aliphatic carbocycles. The van der Waals surface area contributed by atoms with E-state index in [1.165, 1.54) is 12.7 Å². The first kappa shape index (κ1) is 22.0. The molecule has 0 fully saturated rings. The SMILES string of the molecule is Cc1c(Oc2ccn3ncnc3c2)ccc(Nc2ncnc3cnc(C4=CCNCCC4)nc23)c1F. The number of pyridine rings is 1. The molecule has 2 N–H and O–H groups in total. The Hall–Kier alpha value is -4.51. The lowest BCUT2D eigenvalue weighted by Gasteiger charge is -2.14. The van der Waals surface area contributed by atoms with Crippen molar-refractivity contribution >= 4 is 33.8 Å². The van der Waals surface area contributed by atoms with Crippen molar-refractivity contribution in [2.45, 2.75) is 19.8 Å². The Balaban J connectivity index is 1.30. The maximum absolute atomic E-state index is 15.4. The fourth-order valence-corrected chi connectivity index (χ4v) is 4.10. The normalized spacial score (nSPS) is 14.0. The van der Waals surface area contributed by atoms with E-state index >= 15 is 4.39 Å². The molecule has 180 valence electrons. The third-order valence-electron chi connectivity index (χ3n) is 6.03. The average Bonchev–Trinajstić information content (AvgIpc) is 3.20. The van der Waals surface area contributed by atoms with Crippen LogP contribution in [0.15, 0.2) is 55.4 Å². The number of anilines is 2. The van der Waals surface area contributed by atoms with E-state index in [1.807, 2.05) is 0 Å². The monoisotopic (exact) mass is 483 g/mol. The van der Waals surface area contributed by atoms with Gasteiger partial charge < -0.3 is 15.4 Å². The molecule has 36 heavy (non-hydrogen) atoms. The first-order valence-electron chi connectivity index (χ1n) is 11.6. The zero-order valence-corrected chi connectivity index (χ0v) is 19.4. The smallest absolute Gasteiger partial charge is 0.160 e. The van der Waals surface area contributed by atoms with E-state index in [9.17, 15) is 0 Å². The quantitative estimate of drug-likeness (QED) is 0.379. The summed E-state index contributed by atoms with van der Waals surface area (Å²) < 4.78 is 23.0. The largest absolute Gasteiger partial charge is 0.457 e. The minimum atomic E-state index is -0.449. The number of aromatic nitrogens is 7. The highest BCUT2D eigenvalue weighted by Crippen LogP contribution is 2.33. The van der Waals surface area contributed by atoms with E-state index in [4.69, 9.17) is 9.72 Å². The molecule has 11 heteroatoms. The highest BCUT2D eigenvalue weighted by Gasteiger charge is 2.16. The van der Waals surface area contributed by atoms with Crippen LogP contribution in [0.25, 0.3) is 22.3 Å². The highest BCUT2D eigenvalue weighted by molar-refractivity contribution is 5.87. The molecule has 0 amide bonds. The highest BCUT2D eigenvalue weighted by atomic mass is 19.1. The Morgan fingerprint density at radius 2 is 2.06 bits per heavy atom. The summed E-state index contributed by atoms with van der Waals surface area (Å²) in [6.07, 6.45) is 10.3. The number of hydrogen-bond donors (Lipinski definition) is 2. The first-order valence-corrected chi connectivity index (χ1v) is 11.6. The van der Waals surface area contributed by atoms with Crippen molar-refractivity contribution in [3.8, 4) is 11.5 Å². The molecule has 10 nitrogen and oxygen atoms in total. The van der Waals surface area contributed by atoms with Crippen molar-refractivity contribution in [2.24, 2.45) is 0 Å². The van der Waals surface area contributed by atoms with E-state index in [-0.39, 0.29) is 5.69 Å². The van der Waals surface area contributed by atoms with Gasteiger partial charge in [0.05, 0.1) is 11.9 Å². The molecule has 0 radical (unpaired) electrons.